The molecular formula is C15H13N3O4S2. The molecule has 1 fully saturated rings. The summed E-state index contributed by atoms with van der Waals surface area (Å²) in [7, 11) is 0. The van der Waals surface area contributed by atoms with Crippen LogP contribution in [-0.4, -0.2) is 32.8 Å². The Morgan fingerprint density at radius 2 is 2.25 bits per heavy atom. The fourth-order valence-corrected chi connectivity index (χ4v) is 4.34. The zero-order valence-electron chi connectivity index (χ0n) is 12.3. The van der Waals surface area contributed by atoms with E-state index in [0.29, 0.717) is 21.2 Å². The van der Waals surface area contributed by atoms with Crippen molar-refractivity contribution in [2.75, 3.05) is 5.75 Å². The fourth-order valence-electron chi connectivity index (χ4n) is 2.25. The maximum Gasteiger partial charge on any atom is 0.321 e. The Hall–Kier alpha value is -2.10. The average Bonchev–Trinajstić information content (AvgIpc) is 3.06. The summed E-state index contributed by atoms with van der Waals surface area (Å²) in [5.41, 5.74) is 0.685. The number of carboxylic acids is 1. The number of carbonyl (C=O) groups is 1. The maximum absolute atomic E-state index is 11.4. The van der Waals surface area contributed by atoms with Gasteiger partial charge in [0, 0.05) is 18.0 Å². The van der Waals surface area contributed by atoms with Gasteiger partial charge in [-0.1, -0.05) is 23.9 Å². The number of nitrogens with one attached hydrogen (secondary N) is 1. The Kier molecular flexibility index (Phi) is 5.03. The highest BCUT2D eigenvalue weighted by molar-refractivity contribution is 8.00. The molecule has 0 radical (unpaired) electrons. The first kappa shape index (κ1) is 16.7. The minimum Gasteiger partial charge on any atom is -0.480 e. The van der Waals surface area contributed by atoms with Crippen molar-refractivity contribution in [3.8, 4) is 0 Å². The Bertz CT molecular complexity index is 773. The average molecular weight is 363 g/mol. The summed E-state index contributed by atoms with van der Waals surface area (Å²) >= 11 is 2.65. The summed E-state index contributed by atoms with van der Waals surface area (Å²) in [6.45, 7) is 0. The number of benzene rings is 1. The molecule has 2 atom stereocenters. The van der Waals surface area contributed by atoms with Crippen molar-refractivity contribution in [1.29, 1.82) is 0 Å². The van der Waals surface area contributed by atoms with Crippen LogP contribution in [0.1, 0.15) is 10.9 Å². The predicted octanol–water partition coefficient (Wildman–Crippen LogP) is 2.93. The largest absolute Gasteiger partial charge is 0.480 e. The van der Waals surface area contributed by atoms with Crippen LogP contribution in [0.25, 0.3) is 0 Å². The van der Waals surface area contributed by atoms with Crippen molar-refractivity contribution < 1.29 is 14.8 Å². The highest BCUT2D eigenvalue weighted by atomic mass is 32.2. The quantitative estimate of drug-likeness (QED) is 0.617. The van der Waals surface area contributed by atoms with E-state index in [9.17, 15) is 14.9 Å². The second-order valence-corrected chi connectivity index (χ2v) is 7.23. The van der Waals surface area contributed by atoms with Crippen molar-refractivity contribution in [3.05, 3.63) is 58.3 Å². The van der Waals surface area contributed by atoms with Crippen LogP contribution in [-0.2, 0) is 4.79 Å². The molecule has 7 nitrogen and oxygen atoms in total. The van der Waals surface area contributed by atoms with Crippen LogP contribution in [0.5, 0.6) is 0 Å². The first-order chi connectivity index (χ1) is 11.5. The van der Waals surface area contributed by atoms with Gasteiger partial charge in [0.25, 0.3) is 5.69 Å². The molecule has 0 spiro atoms. The lowest BCUT2D eigenvalue weighted by Crippen LogP contribution is -2.33. The molecule has 1 aliphatic rings. The van der Waals surface area contributed by atoms with E-state index in [0.717, 1.165) is 0 Å². The number of hydrogen-bond donors (Lipinski definition) is 2. The number of pyridine rings is 1. The van der Waals surface area contributed by atoms with Crippen molar-refractivity contribution in [1.82, 2.24) is 10.3 Å². The molecule has 0 unspecified atom stereocenters. The third-order valence-electron chi connectivity index (χ3n) is 3.41. The van der Waals surface area contributed by atoms with Crippen LogP contribution in [0.15, 0.2) is 52.5 Å². The monoisotopic (exact) mass is 363 g/mol. The highest BCUT2D eigenvalue weighted by Gasteiger charge is 2.31. The molecule has 2 heterocycles. The predicted molar refractivity (Wildman–Crippen MR) is 91.2 cm³/mol. The Labute approximate surface area is 146 Å². The van der Waals surface area contributed by atoms with Gasteiger partial charge in [-0.2, -0.15) is 0 Å². The molecule has 9 heteroatoms. The first-order valence-corrected chi connectivity index (χ1v) is 8.89. The number of nitrogens with zero attached hydrogens (tertiary/aromatic N) is 2. The molecule has 1 aromatic heterocycles. The molecule has 3 rings (SSSR count). The van der Waals surface area contributed by atoms with Gasteiger partial charge in [-0.15, -0.1) is 11.8 Å². The van der Waals surface area contributed by atoms with Gasteiger partial charge in [-0.25, -0.2) is 4.98 Å². The molecule has 1 aliphatic heterocycles. The number of thioether (sulfide) groups is 1. The maximum atomic E-state index is 11.4. The number of aromatic nitrogens is 1. The van der Waals surface area contributed by atoms with E-state index < -0.39 is 16.9 Å². The summed E-state index contributed by atoms with van der Waals surface area (Å²) in [5, 5.41) is 23.8. The second kappa shape index (κ2) is 7.20. The van der Waals surface area contributed by atoms with Crippen LogP contribution in [0.2, 0.25) is 0 Å². The molecule has 0 amide bonds. The summed E-state index contributed by atoms with van der Waals surface area (Å²) in [6.07, 6.45) is 1.63. The minimum atomic E-state index is -0.915. The smallest absolute Gasteiger partial charge is 0.321 e. The van der Waals surface area contributed by atoms with Gasteiger partial charge < -0.3 is 5.11 Å². The van der Waals surface area contributed by atoms with Crippen molar-refractivity contribution in [2.45, 2.75) is 21.3 Å². The zero-order valence-corrected chi connectivity index (χ0v) is 13.9. The highest BCUT2D eigenvalue weighted by Crippen LogP contribution is 2.39. The van der Waals surface area contributed by atoms with Crippen LogP contribution in [0.4, 0.5) is 5.69 Å². The Balaban J connectivity index is 1.85. The van der Waals surface area contributed by atoms with E-state index in [2.05, 4.69) is 10.3 Å². The molecule has 2 N–H and O–H groups in total. The molecule has 0 bridgehead atoms. The van der Waals surface area contributed by atoms with Crippen LogP contribution in [0, 0.1) is 10.1 Å². The van der Waals surface area contributed by atoms with Crippen LogP contribution < -0.4 is 5.32 Å². The molecule has 1 aromatic carbocycles. The Morgan fingerprint density at radius 3 is 2.88 bits per heavy atom. The fraction of sp³-hybridized carbons (Fsp3) is 0.200. The second-order valence-electron chi connectivity index (χ2n) is 5.03. The van der Waals surface area contributed by atoms with Crippen molar-refractivity contribution in [3.63, 3.8) is 0 Å². The molecule has 0 aliphatic carbocycles. The molecule has 0 saturated carbocycles. The lowest BCUT2D eigenvalue weighted by Gasteiger charge is -2.12. The minimum absolute atomic E-state index is 0.00988. The van der Waals surface area contributed by atoms with Gasteiger partial charge in [0.1, 0.15) is 11.1 Å². The third kappa shape index (κ3) is 3.69. The lowest BCUT2D eigenvalue weighted by molar-refractivity contribution is -0.387. The number of nitro benzene ring substituents is 1. The van der Waals surface area contributed by atoms with Gasteiger partial charge in [-0.3, -0.25) is 20.2 Å². The molecule has 2 aromatic rings. The zero-order chi connectivity index (χ0) is 17.1. The summed E-state index contributed by atoms with van der Waals surface area (Å²) in [6, 6.07) is 9.72. The SMILES string of the molecule is O=C(O)[C@@H]1CS[C@H](c2ccc(Sc3ccccn3)c([N+](=O)[O-])c2)N1. The van der Waals surface area contributed by atoms with Gasteiger partial charge >= 0.3 is 5.97 Å². The summed E-state index contributed by atoms with van der Waals surface area (Å²) in [4.78, 5) is 26.7. The van der Waals surface area contributed by atoms with Crippen molar-refractivity contribution in [2.24, 2.45) is 0 Å². The van der Waals surface area contributed by atoms with Crippen LogP contribution >= 0.6 is 23.5 Å². The van der Waals surface area contributed by atoms with E-state index >= 15 is 0 Å². The Morgan fingerprint density at radius 1 is 1.42 bits per heavy atom. The third-order valence-corrected chi connectivity index (χ3v) is 5.70. The summed E-state index contributed by atoms with van der Waals surface area (Å²) in [5.74, 6) is -0.486. The van der Waals surface area contributed by atoms with E-state index in [1.54, 1.807) is 30.5 Å². The van der Waals surface area contributed by atoms with Crippen LogP contribution in [0.3, 0.4) is 0 Å². The van der Waals surface area contributed by atoms with Gasteiger partial charge in [0.05, 0.1) is 15.2 Å². The molecule has 1 saturated heterocycles. The van der Waals surface area contributed by atoms with Crippen molar-refractivity contribution >= 4 is 35.2 Å². The number of rotatable bonds is 5. The van der Waals surface area contributed by atoms with E-state index in [1.807, 2.05) is 6.07 Å². The van der Waals surface area contributed by atoms with E-state index in [4.69, 9.17) is 5.11 Å². The number of carboxylic acid groups (broad SMARTS) is 1. The van der Waals surface area contributed by atoms with Gasteiger partial charge in [0.2, 0.25) is 0 Å². The molecular weight excluding hydrogens is 350 g/mol. The summed E-state index contributed by atoms with van der Waals surface area (Å²) < 4.78 is 0. The first-order valence-electron chi connectivity index (χ1n) is 7.02. The number of aliphatic carboxylic acids is 1. The number of nitro groups is 1. The lowest BCUT2D eigenvalue weighted by atomic mass is 10.2. The van der Waals surface area contributed by atoms with E-state index in [1.165, 1.54) is 29.6 Å². The van der Waals surface area contributed by atoms with E-state index in [-0.39, 0.29) is 11.1 Å². The molecule has 124 valence electrons. The number of hydrogen-bond acceptors (Lipinski definition) is 7. The molecule has 24 heavy (non-hydrogen) atoms. The topological polar surface area (TPSA) is 105 Å². The van der Waals surface area contributed by atoms with Gasteiger partial charge in [0.15, 0.2) is 0 Å². The normalized spacial score (nSPS) is 20.0. The standard InChI is InChI=1S/C15H13N3O4S2/c19-15(20)10-8-23-14(17-10)9-4-5-12(11(7-9)18(21)22)24-13-3-1-2-6-16-13/h1-7,10,14,17H,8H2,(H,19,20)/t10-,14+/m0/s1. The van der Waals surface area contributed by atoms with Gasteiger partial charge in [-0.05, 0) is 23.8 Å².